The summed E-state index contributed by atoms with van der Waals surface area (Å²) in [4.78, 5) is 11.0. The third-order valence-electron chi connectivity index (χ3n) is 2.22. The van der Waals surface area contributed by atoms with E-state index in [1.54, 1.807) is 19.1 Å². The maximum Gasteiger partial charge on any atom is 0.307 e. The molecule has 16 heavy (non-hydrogen) atoms. The maximum absolute atomic E-state index is 13.4. The molecule has 1 N–H and O–H groups in total. The molecule has 3 nitrogen and oxygen atoms in total. The van der Waals surface area contributed by atoms with Gasteiger partial charge >= 0.3 is 5.97 Å². The summed E-state index contributed by atoms with van der Waals surface area (Å²) in [6.45, 7) is 3.69. The highest BCUT2D eigenvalue weighted by molar-refractivity contribution is 5.70. The second kappa shape index (κ2) is 5.49. The van der Waals surface area contributed by atoms with Crippen molar-refractivity contribution in [2.75, 3.05) is 12.4 Å². The lowest BCUT2D eigenvalue weighted by atomic mass is 10.2. The zero-order valence-electron chi connectivity index (χ0n) is 9.71. The molecule has 1 aromatic carbocycles. The van der Waals surface area contributed by atoms with Gasteiger partial charge in [0.25, 0.3) is 0 Å². The van der Waals surface area contributed by atoms with Gasteiger partial charge in [0.1, 0.15) is 5.82 Å². The summed E-state index contributed by atoms with van der Waals surface area (Å²) in [6, 6.07) is 4.65. The van der Waals surface area contributed by atoms with Crippen molar-refractivity contribution in [1.82, 2.24) is 0 Å². The van der Waals surface area contributed by atoms with Crippen LogP contribution < -0.4 is 5.32 Å². The average molecular weight is 225 g/mol. The Hall–Kier alpha value is -1.58. The Balaban J connectivity index is 2.65. The molecule has 0 heterocycles. The van der Waals surface area contributed by atoms with Crippen LogP contribution >= 0.6 is 0 Å². The van der Waals surface area contributed by atoms with Crippen LogP contribution in [0.5, 0.6) is 0 Å². The molecule has 1 aromatic rings. The Bertz CT molecular complexity index is 379. The zero-order chi connectivity index (χ0) is 12.1. The van der Waals surface area contributed by atoms with Crippen molar-refractivity contribution < 1.29 is 13.9 Å². The van der Waals surface area contributed by atoms with Gasteiger partial charge in [-0.25, -0.2) is 4.39 Å². The summed E-state index contributed by atoms with van der Waals surface area (Å²) in [6.07, 6.45) is 0.212. The van der Waals surface area contributed by atoms with Crippen LogP contribution in [-0.2, 0) is 9.53 Å². The van der Waals surface area contributed by atoms with Crippen molar-refractivity contribution >= 4 is 11.7 Å². The van der Waals surface area contributed by atoms with Gasteiger partial charge in [-0.3, -0.25) is 4.79 Å². The van der Waals surface area contributed by atoms with E-state index < -0.39 is 0 Å². The lowest BCUT2D eigenvalue weighted by Crippen LogP contribution is -2.21. The summed E-state index contributed by atoms with van der Waals surface area (Å²) in [7, 11) is 1.34. The maximum atomic E-state index is 13.4. The Kier molecular flexibility index (Phi) is 4.28. The van der Waals surface area contributed by atoms with Crippen LogP contribution in [0.3, 0.4) is 0 Å². The van der Waals surface area contributed by atoms with Gasteiger partial charge in [0, 0.05) is 6.04 Å². The summed E-state index contributed by atoms with van der Waals surface area (Å²) < 4.78 is 17.9. The molecule has 0 aliphatic heterocycles. The molecule has 4 heteroatoms. The van der Waals surface area contributed by atoms with Crippen LogP contribution in [0.1, 0.15) is 18.9 Å². The van der Waals surface area contributed by atoms with Crippen molar-refractivity contribution in [2.45, 2.75) is 26.3 Å². The van der Waals surface area contributed by atoms with E-state index in [0.29, 0.717) is 5.69 Å². The fraction of sp³-hybridized carbons (Fsp3) is 0.417. The SMILES string of the molecule is COC(=O)CC(C)Nc1cc(C)ccc1F. The number of hydrogen-bond donors (Lipinski definition) is 1. The van der Waals surface area contributed by atoms with Crippen molar-refractivity contribution in [2.24, 2.45) is 0 Å². The van der Waals surface area contributed by atoms with E-state index >= 15 is 0 Å². The fourth-order valence-electron chi connectivity index (χ4n) is 1.40. The minimum Gasteiger partial charge on any atom is -0.469 e. The number of esters is 1. The molecular formula is C12H16FNO2. The number of carbonyl (C=O) groups is 1. The number of anilines is 1. The highest BCUT2D eigenvalue weighted by Gasteiger charge is 2.11. The summed E-state index contributed by atoms with van der Waals surface area (Å²) in [5.74, 6) is -0.629. The number of nitrogens with one attached hydrogen (secondary N) is 1. The first-order chi connectivity index (χ1) is 7.52. The molecule has 0 aromatic heterocycles. The second-order valence-corrected chi connectivity index (χ2v) is 3.81. The van der Waals surface area contributed by atoms with E-state index in [1.807, 2.05) is 6.92 Å². The first-order valence-electron chi connectivity index (χ1n) is 5.12. The number of methoxy groups -OCH3 is 1. The molecule has 0 bridgehead atoms. The quantitative estimate of drug-likeness (QED) is 0.800. The molecule has 0 aliphatic carbocycles. The van der Waals surface area contributed by atoms with E-state index in [2.05, 4.69) is 10.1 Å². The van der Waals surface area contributed by atoms with Gasteiger partial charge in [0.05, 0.1) is 19.2 Å². The van der Waals surface area contributed by atoms with Gasteiger partial charge in [0.15, 0.2) is 0 Å². The number of benzene rings is 1. The fourth-order valence-corrected chi connectivity index (χ4v) is 1.40. The molecule has 0 radical (unpaired) electrons. The molecule has 1 rings (SSSR count). The number of carbonyl (C=O) groups excluding carboxylic acids is 1. The molecule has 1 unspecified atom stereocenters. The van der Waals surface area contributed by atoms with Gasteiger partial charge in [-0.05, 0) is 31.5 Å². The Morgan fingerprint density at radius 1 is 1.56 bits per heavy atom. The second-order valence-electron chi connectivity index (χ2n) is 3.81. The molecule has 0 fully saturated rings. The lowest BCUT2D eigenvalue weighted by molar-refractivity contribution is -0.140. The van der Waals surface area contributed by atoms with Gasteiger partial charge in [0.2, 0.25) is 0 Å². The number of halogens is 1. The Morgan fingerprint density at radius 2 is 2.25 bits per heavy atom. The largest absolute Gasteiger partial charge is 0.469 e. The van der Waals surface area contributed by atoms with Crippen LogP contribution in [-0.4, -0.2) is 19.1 Å². The predicted octanol–water partition coefficient (Wildman–Crippen LogP) is 2.50. The van der Waals surface area contributed by atoms with E-state index in [4.69, 9.17) is 0 Å². The van der Waals surface area contributed by atoms with Crippen LogP contribution in [0, 0.1) is 12.7 Å². The molecule has 1 atom stereocenters. The number of hydrogen-bond acceptors (Lipinski definition) is 3. The van der Waals surface area contributed by atoms with Crippen molar-refractivity contribution in [3.63, 3.8) is 0 Å². The van der Waals surface area contributed by atoms with Gasteiger partial charge in [-0.15, -0.1) is 0 Å². The van der Waals surface area contributed by atoms with E-state index in [0.717, 1.165) is 5.56 Å². The molecule has 0 saturated heterocycles. The third kappa shape index (κ3) is 3.53. The van der Waals surface area contributed by atoms with Gasteiger partial charge in [-0.1, -0.05) is 6.07 Å². The summed E-state index contributed by atoms with van der Waals surface area (Å²) >= 11 is 0. The Labute approximate surface area is 94.6 Å². The first-order valence-corrected chi connectivity index (χ1v) is 5.12. The lowest BCUT2D eigenvalue weighted by Gasteiger charge is -2.15. The summed E-state index contributed by atoms with van der Waals surface area (Å²) in [5.41, 5.74) is 1.38. The van der Waals surface area contributed by atoms with E-state index in [9.17, 15) is 9.18 Å². The smallest absolute Gasteiger partial charge is 0.307 e. The standard InChI is InChI=1S/C12H16FNO2/c1-8-4-5-10(13)11(6-8)14-9(2)7-12(15)16-3/h4-6,9,14H,7H2,1-3H3. The highest BCUT2D eigenvalue weighted by Crippen LogP contribution is 2.17. The molecule has 0 saturated carbocycles. The predicted molar refractivity (Wildman–Crippen MR) is 60.9 cm³/mol. The average Bonchev–Trinajstić information content (AvgIpc) is 2.23. The number of rotatable bonds is 4. The monoisotopic (exact) mass is 225 g/mol. The molecule has 0 spiro atoms. The molecule has 88 valence electrons. The number of aryl methyl sites for hydroxylation is 1. The van der Waals surface area contributed by atoms with Gasteiger partial charge in [-0.2, -0.15) is 0 Å². The van der Waals surface area contributed by atoms with Gasteiger partial charge < -0.3 is 10.1 Å². The molecular weight excluding hydrogens is 209 g/mol. The van der Waals surface area contributed by atoms with Crippen molar-refractivity contribution in [1.29, 1.82) is 0 Å². The van der Waals surface area contributed by atoms with E-state index in [-0.39, 0.29) is 24.2 Å². The zero-order valence-corrected chi connectivity index (χ0v) is 9.71. The Morgan fingerprint density at radius 3 is 2.88 bits per heavy atom. The van der Waals surface area contributed by atoms with E-state index in [1.165, 1.54) is 13.2 Å². The highest BCUT2D eigenvalue weighted by atomic mass is 19.1. The van der Waals surface area contributed by atoms with Crippen molar-refractivity contribution in [3.05, 3.63) is 29.6 Å². The van der Waals surface area contributed by atoms with Crippen LogP contribution in [0.2, 0.25) is 0 Å². The molecule has 0 amide bonds. The van der Waals surface area contributed by atoms with Crippen molar-refractivity contribution in [3.8, 4) is 0 Å². The van der Waals surface area contributed by atoms with Crippen LogP contribution in [0.25, 0.3) is 0 Å². The minimum absolute atomic E-state index is 0.163. The third-order valence-corrected chi connectivity index (χ3v) is 2.22. The normalized spacial score (nSPS) is 12.0. The first kappa shape index (κ1) is 12.5. The van der Waals surface area contributed by atoms with Crippen LogP contribution in [0.4, 0.5) is 10.1 Å². The van der Waals surface area contributed by atoms with Crippen LogP contribution in [0.15, 0.2) is 18.2 Å². The molecule has 0 aliphatic rings. The topological polar surface area (TPSA) is 38.3 Å². The number of ether oxygens (including phenoxy) is 1. The minimum atomic E-state index is -0.317. The summed E-state index contributed by atoms with van der Waals surface area (Å²) in [5, 5.41) is 2.94.